The Balaban J connectivity index is 1.66. The minimum atomic E-state index is 0.527. The number of hydrogen-bond donors (Lipinski definition) is 1. The van der Waals surface area contributed by atoms with Gasteiger partial charge >= 0.3 is 0 Å². The van der Waals surface area contributed by atoms with Gasteiger partial charge in [0.25, 0.3) is 0 Å². The van der Waals surface area contributed by atoms with E-state index in [1.165, 1.54) is 43.5 Å². The van der Waals surface area contributed by atoms with Gasteiger partial charge in [0.05, 0.1) is 5.01 Å². The summed E-state index contributed by atoms with van der Waals surface area (Å²) in [7, 11) is 0. The molecule has 0 spiro atoms. The average Bonchev–Trinajstić information content (AvgIpc) is 2.77. The van der Waals surface area contributed by atoms with Crippen LogP contribution in [-0.2, 0) is 11.8 Å². The number of hydrogen-bond acceptors (Lipinski definition) is 3. The Morgan fingerprint density at radius 1 is 1.17 bits per heavy atom. The van der Waals surface area contributed by atoms with E-state index >= 15 is 0 Å². The van der Waals surface area contributed by atoms with Crippen molar-refractivity contribution in [2.45, 2.75) is 50.4 Å². The van der Waals surface area contributed by atoms with Crippen LogP contribution in [0.15, 0.2) is 6.20 Å². The summed E-state index contributed by atoms with van der Waals surface area (Å²) >= 11 is 1.95. The van der Waals surface area contributed by atoms with Gasteiger partial charge in [0.15, 0.2) is 0 Å². The fourth-order valence-electron chi connectivity index (χ4n) is 5.21. The van der Waals surface area contributed by atoms with E-state index in [2.05, 4.69) is 11.2 Å². The molecule has 1 heterocycles. The maximum Gasteiger partial charge on any atom is 0.0940 e. The molecule has 4 fully saturated rings. The highest BCUT2D eigenvalue weighted by Crippen LogP contribution is 2.61. The zero-order valence-electron chi connectivity index (χ0n) is 10.9. The summed E-state index contributed by atoms with van der Waals surface area (Å²) in [5.41, 5.74) is 6.17. The summed E-state index contributed by atoms with van der Waals surface area (Å²) in [6.45, 7) is 0.730. The van der Waals surface area contributed by atoms with Gasteiger partial charge in [0.1, 0.15) is 0 Å². The van der Waals surface area contributed by atoms with Gasteiger partial charge in [-0.25, -0.2) is 4.98 Å². The zero-order valence-corrected chi connectivity index (χ0v) is 11.7. The maximum atomic E-state index is 5.64. The Morgan fingerprint density at radius 2 is 1.78 bits per heavy atom. The van der Waals surface area contributed by atoms with Gasteiger partial charge < -0.3 is 5.73 Å². The van der Waals surface area contributed by atoms with E-state index in [0.29, 0.717) is 5.41 Å². The summed E-state index contributed by atoms with van der Waals surface area (Å²) in [5, 5.41) is 1.25. The van der Waals surface area contributed by atoms with Crippen molar-refractivity contribution in [1.82, 2.24) is 4.98 Å². The lowest BCUT2D eigenvalue weighted by molar-refractivity contribution is -0.00355. The largest absolute Gasteiger partial charge is 0.330 e. The van der Waals surface area contributed by atoms with Gasteiger partial charge in [-0.3, -0.25) is 0 Å². The summed E-state index contributed by atoms with van der Waals surface area (Å²) in [6.07, 6.45) is 12.0. The van der Waals surface area contributed by atoms with E-state index in [1.54, 1.807) is 4.88 Å². The Kier molecular flexibility index (Phi) is 2.56. The SMILES string of the molecule is NCCc1ncc(C23CC4CC(CC(C4)C2)C3)s1. The first-order chi connectivity index (χ1) is 8.77. The monoisotopic (exact) mass is 262 g/mol. The van der Waals surface area contributed by atoms with Crippen molar-refractivity contribution in [1.29, 1.82) is 0 Å². The molecule has 4 aliphatic rings. The molecule has 1 aromatic rings. The van der Waals surface area contributed by atoms with Crippen LogP contribution in [0.2, 0.25) is 0 Å². The Morgan fingerprint density at radius 3 is 2.33 bits per heavy atom. The predicted octanol–water partition coefficient (Wildman–Crippen LogP) is 3.11. The zero-order chi connectivity index (χ0) is 12.2. The summed E-state index contributed by atoms with van der Waals surface area (Å²) in [4.78, 5) is 6.19. The molecule has 0 unspecified atom stereocenters. The van der Waals surface area contributed by atoms with Crippen molar-refractivity contribution in [3.63, 3.8) is 0 Å². The number of aromatic nitrogens is 1. The molecule has 4 bridgehead atoms. The lowest BCUT2D eigenvalue weighted by Gasteiger charge is -2.56. The molecule has 0 atom stereocenters. The van der Waals surface area contributed by atoms with Crippen molar-refractivity contribution in [3.05, 3.63) is 16.1 Å². The molecular formula is C15H22N2S. The van der Waals surface area contributed by atoms with Crippen molar-refractivity contribution < 1.29 is 0 Å². The van der Waals surface area contributed by atoms with Crippen LogP contribution in [-0.4, -0.2) is 11.5 Å². The van der Waals surface area contributed by atoms with Crippen LogP contribution in [0.25, 0.3) is 0 Å². The molecule has 1 aromatic heterocycles. The average molecular weight is 262 g/mol. The van der Waals surface area contributed by atoms with Crippen molar-refractivity contribution in [2.75, 3.05) is 6.54 Å². The van der Waals surface area contributed by atoms with Gasteiger partial charge in [-0.1, -0.05) is 0 Å². The Labute approximate surface area is 113 Å². The highest BCUT2D eigenvalue weighted by molar-refractivity contribution is 7.11. The third-order valence-electron chi connectivity index (χ3n) is 5.47. The molecular weight excluding hydrogens is 240 g/mol. The first kappa shape index (κ1) is 11.4. The highest BCUT2D eigenvalue weighted by atomic mass is 32.1. The molecule has 2 nitrogen and oxygen atoms in total. The normalized spacial score (nSPS) is 41.5. The van der Waals surface area contributed by atoms with Gasteiger partial charge in [-0.05, 0) is 62.8 Å². The minimum absolute atomic E-state index is 0.527. The summed E-state index contributed by atoms with van der Waals surface area (Å²) in [5.74, 6) is 3.07. The summed E-state index contributed by atoms with van der Waals surface area (Å²) < 4.78 is 0. The van der Waals surface area contributed by atoms with Gasteiger partial charge in [-0.2, -0.15) is 0 Å². The third kappa shape index (κ3) is 1.67. The van der Waals surface area contributed by atoms with E-state index in [1.807, 2.05) is 11.3 Å². The van der Waals surface area contributed by atoms with Crippen molar-refractivity contribution in [2.24, 2.45) is 23.5 Å². The second kappa shape index (κ2) is 4.04. The number of nitrogens with two attached hydrogens (primary N) is 1. The second-order valence-electron chi connectivity index (χ2n) is 6.85. The van der Waals surface area contributed by atoms with Crippen molar-refractivity contribution >= 4 is 11.3 Å². The molecule has 0 saturated heterocycles. The first-order valence-corrected chi connectivity index (χ1v) is 8.24. The Hall–Kier alpha value is -0.410. The lowest BCUT2D eigenvalue weighted by atomic mass is 9.49. The van der Waals surface area contributed by atoms with E-state index in [9.17, 15) is 0 Å². The summed E-state index contributed by atoms with van der Waals surface area (Å²) in [6, 6.07) is 0. The smallest absolute Gasteiger partial charge is 0.0940 e. The van der Waals surface area contributed by atoms with E-state index < -0.39 is 0 Å². The van der Waals surface area contributed by atoms with Gasteiger partial charge in [0, 0.05) is 22.9 Å². The fraction of sp³-hybridized carbons (Fsp3) is 0.800. The van der Waals surface area contributed by atoms with Crippen LogP contribution < -0.4 is 5.73 Å². The molecule has 0 amide bonds. The minimum Gasteiger partial charge on any atom is -0.330 e. The van der Waals surface area contributed by atoms with Gasteiger partial charge in [0.2, 0.25) is 0 Å². The number of thiazole rings is 1. The molecule has 2 N–H and O–H groups in total. The quantitative estimate of drug-likeness (QED) is 0.909. The molecule has 0 radical (unpaired) electrons. The van der Waals surface area contributed by atoms with E-state index in [4.69, 9.17) is 5.73 Å². The molecule has 4 saturated carbocycles. The predicted molar refractivity (Wildman–Crippen MR) is 74.7 cm³/mol. The van der Waals surface area contributed by atoms with Crippen molar-refractivity contribution in [3.8, 4) is 0 Å². The Bertz CT molecular complexity index is 416. The van der Waals surface area contributed by atoms with Crippen LogP contribution >= 0.6 is 11.3 Å². The molecule has 98 valence electrons. The molecule has 3 heteroatoms. The second-order valence-corrected chi connectivity index (χ2v) is 7.97. The molecule has 4 aliphatic carbocycles. The van der Waals surface area contributed by atoms with E-state index in [0.717, 1.165) is 30.7 Å². The molecule has 5 rings (SSSR count). The van der Waals surface area contributed by atoms with E-state index in [-0.39, 0.29) is 0 Å². The van der Waals surface area contributed by atoms with Crippen LogP contribution in [0.4, 0.5) is 0 Å². The van der Waals surface area contributed by atoms with Crippen LogP contribution in [0, 0.1) is 17.8 Å². The van der Waals surface area contributed by atoms with Gasteiger partial charge in [-0.15, -0.1) is 11.3 Å². The number of nitrogens with zero attached hydrogens (tertiary/aromatic N) is 1. The van der Waals surface area contributed by atoms with Crippen LogP contribution in [0.5, 0.6) is 0 Å². The fourth-order valence-corrected chi connectivity index (χ4v) is 6.36. The lowest BCUT2D eigenvalue weighted by Crippen LogP contribution is -2.48. The van der Waals surface area contributed by atoms with Crippen LogP contribution in [0.1, 0.15) is 48.4 Å². The highest BCUT2D eigenvalue weighted by Gasteiger charge is 2.52. The third-order valence-corrected chi connectivity index (χ3v) is 6.78. The standard InChI is InChI=1S/C15H22N2S/c16-2-1-14-17-9-13(18-14)15-6-10-3-11(7-15)5-12(4-10)8-15/h9-12H,1-8,16H2. The topological polar surface area (TPSA) is 38.9 Å². The molecule has 0 aromatic carbocycles. The molecule has 18 heavy (non-hydrogen) atoms. The maximum absolute atomic E-state index is 5.64. The van der Waals surface area contributed by atoms with Crippen LogP contribution in [0.3, 0.4) is 0 Å². The molecule has 0 aliphatic heterocycles. The first-order valence-electron chi connectivity index (χ1n) is 7.43. The number of rotatable bonds is 3.